The highest BCUT2D eigenvalue weighted by atomic mass is 32.2. The molecular weight excluding hydrogens is 280 g/mol. The molecule has 0 bridgehead atoms. The zero-order chi connectivity index (χ0) is 14.8. The lowest BCUT2D eigenvalue weighted by atomic mass is 10.2. The second-order valence-corrected chi connectivity index (χ2v) is 6.91. The predicted molar refractivity (Wildman–Crippen MR) is 74.2 cm³/mol. The quantitative estimate of drug-likeness (QED) is 0.811. The molecule has 1 aromatic carbocycles. The van der Waals surface area contributed by atoms with E-state index in [0.717, 1.165) is 22.7 Å². The van der Waals surface area contributed by atoms with E-state index in [1.165, 1.54) is 11.4 Å². The van der Waals surface area contributed by atoms with E-state index in [-0.39, 0.29) is 12.6 Å². The lowest BCUT2D eigenvalue weighted by molar-refractivity contribution is -0.137. The number of hydrogen-bond donors (Lipinski definition) is 1. The lowest BCUT2D eigenvalue weighted by Crippen LogP contribution is -2.45. The van der Waals surface area contributed by atoms with Crippen molar-refractivity contribution in [1.29, 1.82) is 0 Å². The molecule has 0 unspecified atom stereocenters. The van der Waals surface area contributed by atoms with Crippen molar-refractivity contribution in [1.82, 2.24) is 8.61 Å². The van der Waals surface area contributed by atoms with Gasteiger partial charge in [0.15, 0.2) is 0 Å². The van der Waals surface area contributed by atoms with Crippen molar-refractivity contribution >= 4 is 16.2 Å². The first-order chi connectivity index (χ1) is 9.41. The number of hydrogen-bond acceptors (Lipinski definition) is 3. The average molecular weight is 298 g/mol. The number of carboxylic acid groups (broad SMARTS) is 1. The minimum absolute atomic E-state index is 0.172. The lowest BCUT2D eigenvalue weighted by Gasteiger charge is -2.26. The highest BCUT2D eigenvalue weighted by Gasteiger charge is 2.40. The molecule has 0 atom stereocenters. The summed E-state index contributed by atoms with van der Waals surface area (Å²) in [6.07, 6.45) is 1.46. The van der Waals surface area contributed by atoms with Crippen LogP contribution in [0.3, 0.4) is 0 Å². The van der Waals surface area contributed by atoms with E-state index in [1.54, 1.807) is 0 Å². The molecule has 7 heteroatoms. The Labute approximate surface area is 118 Å². The van der Waals surface area contributed by atoms with E-state index in [4.69, 9.17) is 5.11 Å². The van der Waals surface area contributed by atoms with Crippen LogP contribution in [0.25, 0.3) is 0 Å². The molecule has 1 fully saturated rings. The maximum Gasteiger partial charge on any atom is 0.318 e. The topological polar surface area (TPSA) is 77.9 Å². The van der Waals surface area contributed by atoms with Gasteiger partial charge in [-0.15, -0.1) is 0 Å². The van der Waals surface area contributed by atoms with Crippen molar-refractivity contribution in [3.63, 3.8) is 0 Å². The molecular formula is C13H18N2O4S. The van der Waals surface area contributed by atoms with Crippen LogP contribution in [0.4, 0.5) is 0 Å². The second kappa shape index (κ2) is 5.90. The van der Waals surface area contributed by atoms with Crippen LogP contribution >= 0.6 is 0 Å². The monoisotopic (exact) mass is 298 g/mol. The number of carboxylic acids is 1. The third-order valence-electron chi connectivity index (χ3n) is 3.18. The van der Waals surface area contributed by atoms with Gasteiger partial charge in [-0.3, -0.25) is 4.79 Å². The van der Waals surface area contributed by atoms with Crippen molar-refractivity contribution in [2.45, 2.75) is 25.4 Å². The van der Waals surface area contributed by atoms with E-state index >= 15 is 0 Å². The molecule has 0 spiro atoms. The van der Waals surface area contributed by atoms with Gasteiger partial charge in [0.1, 0.15) is 6.54 Å². The minimum Gasteiger partial charge on any atom is -0.480 e. The van der Waals surface area contributed by atoms with Gasteiger partial charge in [-0.25, -0.2) is 0 Å². The fourth-order valence-electron chi connectivity index (χ4n) is 2.00. The van der Waals surface area contributed by atoms with Crippen molar-refractivity contribution < 1.29 is 18.3 Å². The summed E-state index contributed by atoms with van der Waals surface area (Å²) in [5, 5.41) is 8.87. The normalized spacial score (nSPS) is 15.8. The fourth-order valence-corrected chi connectivity index (χ4v) is 3.53. The van der Waals surface area contributed by atoms with Gasteiger partial charge in [0.05, 0.1) is 0 Å². The van der Waals surface area contributed by atoms with Crippen LogP contribution in [0, 0.1) is 0 Å². The number of carbonyl (C=O) groups is 1. The van der Waals surface area contributed by atoms with Gasteiger partial charge in [-0.2, -0.15) is 17.0 Å². The minimum atomic E-state index is -3.75. The van der Waals surface area contributed by atoms with Crippen LogP contribution in [0.2, 0.25) is 0 Å². The van der Waals surface area contributed by atoms with Gasteiger partial charge >= 0.3 is 5.97 Å². The molecule has 20 heavy (non-hydrogen) atoms. The van der Waals surface area contributed by atoms with Gasteiger partial charge in [-0.1, -0.05) is 30.3 Å². The van der Waals surface area contributed by atoms with E-state index in [0.29, 0.717) is 0 Å². The molecule has 0 saturated heterocycles. The Kier molecular flexibility index (Phi) is 4.42. The smallest absolute Gasteiger partial charge is 0.318 e. The Hall–Kier alpha value is -1.44. The van der Waals surface area contributed by atoms with Crippen LogP contribution in [-0.4, -0.2) is 47.7 Å². The maximum atomic E-state index is 12.4. The molecule has 1 N–H and O–H groups in total. The Morgan fingerprint density at radius 3 is 2.40 bits per heavy atom. The third-order valence-corrected chi connectivity index (χ3v) is 5.12. The molecule has 1 aliphatic rings. The van der Waals surface area contributed by atoms with Gasteiger partial charge in [0.25, 0.3) is 10.2 Å². The molecule has 1 aromatic rings. The first-order valence-corrected chi connectivity index (χ1v) is 7.80. The van der Waals surface area contributed by atoms with E-state index in [1.807, 2.05) is 30.3 Å². The molecule has 2 rings (SSSR count). The van der Waals surface area contributed by atoms with Gasteiger partial charge < -0.3 is 5.11 Å². The number of rotatable bonds is 7. The van der Waals surface area contributed by atoms with Gasteiger partial charge in [0, 0.05) is 19.6 Å². The summed E-state index contributed by atoms with van der Waals surface area (Å²) in [6.45, 7) is -0.252. The molecule has 0 amide bonds. The van der Waals surface area contributed by atoms with Crippen molar-refractivity contribution in [2.75, 3.05) is 13.6 Å². The summed E-state index contributed by atoms with van der Waals surface area (Å²) in [5.41, 5.74) is 0.865. The number of benzene rings is 1. The molecule has 110 valence electrons. The first-order valence-electron chi connectivity index (χ1n) is 6.40. The molecule has 0 aliphatic heterocycles. The Morgan fingerprint density at radius 2 is 1.90 bits per heavy atom. The molecule has 1 aliphatic carbocycles. The number of aliphatic carboxylic acids is 1. The van der Waals surface area contributed by atoms with E-state index in [9.17, 15) is 13.2 Å². The summed E-state index contributed by atoms with van der Waals surface area (Å²) < 4.78 is 27.2. The average Bonchev–Trinajstić information content (AvgIpc) is 3.21. The summed E-state index contributed by atoms with van der Waals surface area (Å²) in [6, 6.07) is 9.04. The Balaban J connectivity index is 2.13. The van der Waals surface area contributed by atoms with Crippen molar-refractivity contribution in [2.24, 2.45) is 0 Å². The molecule has 1 saturated carbocycles. The zero-order valence-corrected chi connectivity index (χ0v) is 12.1. The Bertz CT molecular complexity index is 569. The SMILES string of the molecule is CN(Cc1ccccc1)S(=O)(=O)N(CC(=O)O)C1CC1. The molecule has 0 heterocycles. The van der Waals surface area contributed by atoms with Crippen LogP contribution < -0.4 is 0 Å². The molecule has 6 nitrogen and oxygen atoms in total. The van der Waals surface area contributed by atoms with Crippen LogP contribution in [0.1, 0.15) is 18.4 Å². The highest BCUT2D eigenvalue weighted by Crippen LogP contribution is 2.30. The van der Waals surface area contributed by atoms with E-state index < -0.39 is 22.7 Å². The van der Waals surface area contributed by atoms with Crippen LogP contribution in [0.15, 0.2) is 30.3 Å². The third kappa shape index (κ3) is 3.56. The standard InChI is InChI=1S/C13H18N2O4S/c1-14(9-11-5-3-2-4-6-11)20(18,19)15(10-13(16)17)12-7-8-12/h2-6,12H,7-10H2,1H3,(H,16,17). The maximum absolute atomic E-state index is 12.4. The second-order valence-electron chi connectivity index (χ2n) is 4.92. The van der Waals surface area contributed by atoms with E-state index in [2.05, 4.69) is 0 Å². The zero-order valence-electron chi connectivity index (χ0n) is 11.3. The largest absolute Gasteiger partial charge is 0.480 e. The number of nitrogens with zero attached hydrogens (tertiary/aromatic N) is 2. The summed E-state index contributed by atoms with van der Waals surface area (Å²) in [7, 11) is -2.27. The predicted octanol–water partition coefficient (Wildman–Crippen LogP) is 0.912. The summed E-state index contributed by atoms with van der Waals surface area (Å²) in [5.74, 6) is -1.13. The highest BCUT2D eigenvalue weighted by molar-refractivity contribution is 7.86. The fraction of sp³-hybridized carbons (Fsp3) is 0.462. The van der Waals surface area contributed by atoms with Crippen LogP contribution in [-0.2, 0) is 21.5 Å². The van der Waals surface area contributed by atoms with Crippen molar-refractivity contribution in [3.8, 4) is 0 Å². The molecule has 0 aromatic heterocycles. The molecule has 0 radical (unpaired) electrons. The van der Waals surface area contributed by atoms with Crippen molar-refractivity contribution in [3.05, 3.63) is 35.9 Å². The Morgan fingerprint density at radius 1 is 1.30 bits per heavy atom. The summed E-state index contributed by atoms with van der Waals surface area (Å²) >= 11 is 0. The summed E-state index contributed by atoms with van der Waals surface area (Å²) in [4.78, 5) is 10.8. The van der Waals surface area contributed by atoms with Gasteiger partial charge in [0.2, 0.25) is 0 Å². The van der Waals surface area contributed by atoms with Crippen LogP contribution in [0.5, 0.6) is 0 Å². The first kappa shape index (κ1) is 15.0. The van der Waals surface area contributed by atoms with Gasteiger partial charge in [-0.05, 0) is 18.4 Å².